The number of pyridine rings is 2. The topological polar surface area (TPSA) is 129 Å². The average Bonchev–Trinajstić information content (AvgIpc) is 3.40. The monoisotopic (exact) mass is 659 g/mol. The summed E-state index contributed by atoms with van der Waals surface area (Å²) in [7, 11) is 0. The molecule has 0 saturated carbocycles. The van der Waals surface area contributed by atoms with Gasteiger partial charge in [-0.2, -0.15) is 5.10 Å². The van der Waals surface area contributed by atoms with Gasteiger partial charge < -0.3 is 15.2 Å². The van der Waals surface area contributed by atoms with Crippen LogP contribution in [0.3, 0.4) is 0 Å². The molecule has 6 heterocycles. The molecule has 2 saturated heterocycles. The van der Waals surface area contributed by atoms with Gasteiger partial charge in [0, 0.05) is 35.5 Å². The van der Waals surface area contributed by atoms with E-state index in [9.17, 15) is 18.4 Å². The number of anilines is 1. The highest BCUT2D eigenvalue weighted by Crippen LogP contribution is 2.44. The maximum atomic E-state index is 14.5. The van der Waals surface area contributed by atoms with Crippen molar-refractivity contribution in [2.24, 2.45) is 17.1 Å². The molecule has 0 bridgehead atoms. The summed E-state index contributed by atoms with van der Waals surface area (Å²) in [6, 6.07) is 6.47. The van der Waals surface area contributed by atoms with E-state index >= 15 is 0 Å². The van der Waals surface area contributed by atoms with Gasteiger partial charge in [-0.15, -0.1) is 0 Å². The first-order valence-corrected chi connectivity index (χ1v) is 16.3. The molecule has 1 atom stereocenters. The number of ether oxygens (including phenoxy) is 2. The molecule has 4 aromatic rings. The van der Waals surface area contributed by atoms with Crippen molar-refractivity contribution in [1.82, 2.24) is 24.6 Å². The molecule has 3 aliphatic heterocycles. The molecule has 1 unspecified atom stereocenters. The molecule has 0 spiro atoms. The number of benzene rings is 1. The first-order valence-electron chi connectivity index (χ1n) is 16.3. The number of hydrogen-bond donors (Lipinski definition) is 1. The summed E-state index contributed by atoms with van der Waals surface area (Å²) in [5.41, 5.74) is 9.11. The van der Waals surface area contributed by atoms with Crippen molar-refractivity contribution in [2.75, 3.05) is 37.8 Å². The normalized spacial score (nSPS) is 19.8. The molecule has 11 nitrogen and oxygen atoms in total. The summed E-state index contributed by atoms with van der Waals surface area (Å²) in [5, 5.41) is 5.59. The Morgan fingerprint density at radius 1 is 1.15 bits per heavy atom. The lowest BCUT2D eigenvalue weighted by atomic mass is 9.78. The smallest absolute Gasteiger partial charge is 0.265 e. The first-order chi connectivity index (χ1) is 22.9. The molecule has 0 radical (unpaired) electrons. The van der Waals surface area contributed by atoms with E-state index in [1.165, 1.54) is 4.90 Å². The van der Waals surface area contributed by atoms with E-state index in [0.29, 0.717) is 57.3 Å². The summed E-state index contributed by atoms with van der Waals surface area (Å²) >= 11 is 0. The predicted octanol–water partition coefficient (Wildman–Crippen LogP) is 4.67. The molecule has 7 rings (SSSR count). The number of primary amides is 1. The van der Waals surface area contributed by atoms with Gasteiger partial charge in [0.25, 0.3) is 11.8 Å². The number of nitrogens with two attached hydrogens (primary N) is 1. The van der Waals surface area contributed by atoms with Gasteiger partial charge in [0.2, 0.25) is 0 Å². The van der Waals surface area contributed by atoms with Crippen molar-refractivity contribution in [3.05, 3.63) is 65.2 Å². The molecule has 48 heavy (non-hydrogen) atoms. The standard InChI is InChI=1S/C35H39F2N7O4/c1-19(2)9-25-32(33(38)46)31(23-13-40-44(34(23)41-25)29-7-8-42(18-35(29,3)4)22-15-47-16-22)20-5-6-27-28(10-20)48-17-30(45)43(27)14-26-24(37)11-21(36)12-39-26/h5-6,10-13,19,22,29H,7-9,14-18H2,1-4H3,(H2,38,46). The molecule has 2 N–H and O–H groups in total. The lowest BCUT2D eigenvalue weighted by molar-refractivity contribution is -0.121. The van der Waals surface area contributed by atoms with E-state index in [2.05, 4.69) is 37.6 Å². The Morgan fingerprint density at radius 3 is 2.60 bits per heavy atom. The van der Waals surface area contributed by atoms with Gasteiger partial charge in [-0.05, 0) is 36.5 Å². The van der Waals surface area contributed by atoms with E-state index < -0.39 is 23.4 Å². The maximum Gasteiger partial charge on any atom is 0.265 e. The molecule has 1 aromatic carbocycles. The molecular weight excluding hydrogens is 620 g/mol. The molecule has 2 fully saturated rings. The van der Waals surface area contributed by atoms with Crippen LogP contribution in [0.2, 0.25) is 0 Å². The number of carbonyl (C=O) groups excluding carboxylic acids is 2. The third-order valence-corrected chi connectivity index (χ3v) is 9.68. The molecule has 13 heteroatoms. The minimum Gasteiger partial charge on any atom is -0.482 e. The Bertz CT molecular complexity index is 1920. The summed E-state index contributed by atoms with van der Waals surface area (Å²) in [6.07, 6.45) is 4.07. The van der Waals surface area contributed by atoms with Gasteiger partial charge >= 0.3 is 0 Å². The third-order valence-electron chi connectivity index (χ3n) is 9.68. The Hall–Kier alpha value is -4.49. The number of nitrogens with zero attached hydrogens (tertiary/aromatic N) is 6. The highest BCUT2D eigenvalue weighted by molar-refractivity contribution is 6.09. The second-order valence-electron chi connectivity index (χ2n) is 14.1. The quantitative estimate of drug-likeness (QED) is 0.289. The zero-order chi connectivity index (χ0) is 33.9. The Kier molecular flexibility index (Phi) is 8.15. The summed E-state index contributed by atoms with van der Waals surface area (Å²) < 4.78 is 41.3. The van der Waals surface area contributed by atoms with Crippen LogP contribution in [0.25, 0.3) is 22.2 Å². The van der Waals surface area contributed by atoms with Crippen molar-refractivity contribution in [3.63, 3.8) is 0 Å². The lowest BCUT2D eigenvalue weighted by Crippen LogP contribution is -2.56. The highest BCUT2D eigenvalue weighted by atomic mass is 19.1. The average molecular weight is 660 g/mol. The fourth-order valence-electron chi connectivity index (χ4n) is 7.26. The fraction of sp³-hybridized carbons (Fsp3) is 0.457. The van der Waals surface area contributed by atoms with Gasteiger partial charge in [-0.1, -0.05) is 33.8 Å². The molecule has 3 aliphatic rings. The number of amides is 2. The van der Waals surface area contributed by atoms with Crippen molar-refractivity contribution in [1.29, 1.82) is 0 Å². The molecule has 2 amide bonds. The van der Waals surface area contributed by atoms with Crippen molar-refractivity contribution in [2.45, 2.75) is 59.2 Å². The van der Waals surface area contributed by atoms with Crippen LogP contribution >= 0.6 is 0 Å². The van der Waals surface area contributed by atoms with Gasteiger partial charge in [-0.25, -0.2) is 18.4 Å². The maximum absolute atomic E-state index is 14.5. The van der Waals surface area contributed by atoms with Crippen LogP contribution in [-0.4, -0.2) is 75.4 Å². The van der Waals surface area contributed by atoms with E-state index in [1.54, 1.807) is 24.4 Å². The van der Waals surface area contributed by atoms with Gasteiger partial charge in [0.1, 0.15) is 17.4 Å². The molecular formula is C35H39F2N7O4. The van der Waals surface area contributed by atoms with Crippen molar-refractivity contribution >= 4 is 28.5 Å². The number of halogens is 2. The van der Waals surface area contributed by atoms with Crippen LogP contribution in [-0.2, 0) is 22.5 Å². The van der Waals surface area contributed by atoms with Crippen LogP contribution in [0.1, 0.15) is 61.9 Å². The number of piperidine rings is 1. The van der Waals surface area contributed by atoms with E-state index in [4.69, 9.17) is 25.3 Å². The fourth-order valence-corrected chi connectivity index (χ4v) is 7.26. The van der Waals surface area contributed by atoms with E-state index in [-0.39, 0.29) is 36.2 Å². The highest BCUT2D eigenvalue weighted by Gasteiger charge is 2.42. The minimum absolute atomic E-state index is 0.0610. The number of carbonyl (C=O) groups is 2. The summed E-state index contributed by atoms with van der Waals surface area (Å²) in [5.74, 6) is -2.11. The number of aromatic nitrogens is 4. The zero-order valence-electron chi connectivity index (χ0n) is 27.5. The summed E-state index contributed by atoms with van der Waals surface area (Å²) in [6.45, 7) is 11.5. The largest absolute Gasteiger partial charge is 0.482 e. The lowest BCUT2D eigenvalue weighted by Gasteiger charge is -2.48. The van der Waals surface area contributed by atoms with Crippen LogP contribution < -0.4 is 15.4 Å². The Balaban J connectivity index is 1.33. The Morgan fingerprint density at radius 2 is 1.94 bits per heavy atom. The SMILES string of the molecule is CC(C)Cc1nc2c(cnn2C2CCN(C3COC3)CC2(C)C)c(-c2ccc3c(c2)OCC(=O)N3Cc2ncc(F)cc2F)c1C(N)=O. The van der Waals surface area contributed by atoms with E-state index in [1.807, 2.05) is 4.68 Å². The van der Waals surface area contributed by atoms with Crippen LogP contribution in [0.5, 0.6) is 5.75 Å². The van der Waals surface area contributed by atoms with E-state index in [0.717, 1.165) is 45.0 Å². The number of rotatable bonds is 8. The van der Waals surface area contributed by atoms with Crippen molar-refractivity contribution < 1.29 is 27.8 Å². The number of likely N-dealkylation sites (tertiary alicyclic amines) is 1. The van der Waals surface area contributed by atoms with Crippen LogP contribution in [0.4, 0.5) is 14.5 Å². The van der Waals surface area contributed by atoms with Gasteiger partial charge in [-0.3, -0.25) is 24.4 Å². The predicted molar refractivity (Wildman–Crippen MR) is 174 cm³/mol. The van der Waals surface area contributed by atoms with Gasteiger partial charge in [0.15, 0.2) is 12.3 Å². The number of fused-ring (bicyclic) bond motifs is 2. The number of hydrogen-bond acceptors (Lipinski definition) is 8. The van der Waals surface area contributed by atoms with Crippen LogP contribution in [0.15, 0.2) is 36.7 Å². The molecule has 3 aromatic heterocycles. The van der Waals surface area contributed by atoms with Gasteiger partial charge in [0.05, 0.1) is 66.9 Å². The van der Waals surface area contributed by atoms with Crippen molar-refractivity contribution in [3.8, 4) is 16.9 Å². The third kappa shape index (κ3) is 5.68. The molecule has 252 valence electrons. The summed E-state index contributed by atoms with van der Waals surface area (Å²) in [4.78, 5) is 38.9. The molecule has 0 aliphatic carbocycles. The van der Waals surface area contributed by atoms with Crippen LogP contribution in [0, 0.1) is 23.0 Å². The zero-order valence-corrected chi connectivity index (χ0v) is 27.5. The second-order valence-corrected chi connectivity index (χ2v) is 14.1. The first kappa shape index (κ1) is 32.1. The minimum atomic E-state index is -0.849. The Labute approximate surface area is 277 Å². The second kappa shape index (κ2) is 12.2.